The highest BCUT2D eigenvalue weighted by molar-refractivity contribution is 6.43. The smallest absolute Gasteiger partial charge is 0.255 e. The fourth-order valence-electron chi connectivity index (χ4n) is 2.73. The summed E-state index contributed by atoms with van der Waals surface area (Å²) in [6, 6.07) is 3.05. The van der Waals surface area contributed by atoms with Gasteiger partial charge >= 0.3 is 0 Å². The normalized spacial score (nSPS) is 11.5. The second-order valence-electron chi connectivity index (χ2n) is 6.55. The second-order valence-corrected chi connectivity index (χ2v) is 6.55. The van der Waals surface area contributed by atoms with Gasteiger partial charge in [0.15, 0.2) is 17.4 Å². The molecule has 0 aliphatic carbocycles. The fourth-order valence-corrected chi connectivity index (χ4v) is 2.73. The van der Waals surface area contributed by atoms with Gasteiger partial charge in [-0.05, 0) is 51.3 Å². The molecule has 6 heteroatoms. The number of hydrogen-bond donors (Lipinski definition) is 1. The maximum Gasteiger partial charge on any atom is 0.255 e. The van der Waals surface area contributed by atoms with Gasteiger partial charge in [-0.15, -0.1) is 0 Å². The molecule has 27 heavy (non-hydrogen) atoms. The number of rotatable bonds is 8. The van der Waals surface area contributed by atoms with Crippen molar-refractivity contribution in [3.63, 3.8) is 0 Å². The lowest BCUT2D eigenvalue weighted by molar-refractivity contribution is -0.133. The zero-order chi connectivity index (χ0) is 20.7. The molecule has 0 unspecified atom stereocenters. The molecule has 0 aliphatic rings. The summed E-state index contributed by atoms with van der Waals surface area (Å²) >= 11 is 0. The summed E-state index contributed by atoms with van der Waals surface area (Å²) < 4.78 is 26.4. The van der Waals surface area contributed by atoms with E-state index in [0.717, 1.165) is 18.6 Å². The third-order valence-electron chi connectivity index (χ3n) is 4.11. The number of unbranched alkanes of at least 4 members (excludes halogenated alkanes) is 1. The van der Waals surface area contributed by atoms with E-state index in [1.807, 2.05) is 6.92 Å². The number of ketones is 2. The van der Waals surface area contributed by atoms with E-state index in [4.69, 9.17) is 0 Å². The summed E-state index contributed by atoms with van der Waals surface area (Å²) in [6.07, 6.45) is 1.91. The van der Waals surface area contributed by atoms with Gasteiger partial charge in [0.1, 0.15) is 0 Å². The number of carbonyl (C=O) groups is 3. The topological polar surface area (TPSA) is 63.2 Å². The first-order valence-corrected chi connectivity index (χ1v) is 8.79. The lowest BCUT2D eigenvalue weighted by Gasteiger charge is -2.16. The lowest BCUT2D eigenvalue weighted by atomic mass is 9.90. The van der Waals surface area contributed by atoms with Crippen molar-refractivity contribution in [1.29, 1.82) is 0 Å². The molecule has 0 bridgehead atoms. The maximum absolute atomic E-state index is 13.4. The average molecular weight is 377 g/mol. The van der Waals surface area contributed by atoms with Crippen molar-refractivity contribution < 1.29 is 23.2 Å². The van der Waals surface area contributed by atoms with Gasteiger partial charge in [-0.25, -0.2) is 8.78 Å². The van der Waals surface area contributed by atoms with Gasteiger partial charge in [-0.1, -0.05) is 18.9 Å². The lowest BCUT2D eigenvalue weighted by Crippen LogP contribution is -2.20. The summed E-state index contributed by atoms with van der Waals surface area (Å²) in [5.74, 6) is -3.84. The van der Waals surface area contributed by atoms with Crippen LogP contribution in [0.25, 0.3) is 0 Å². The zero-order valence-corrected chi connectivity index (χ0v) is 16.3. The van der Waals surface area contributed by atoms with Crippen LogP contribution in [0.2, 0.25) is 0 Å². The quantitative estimate of drug-likeness (QED) is 0.398. The second kappa shape index (κ2) is 9.90. The summed E-state index contributed by atoms with van der Waals surface area (Å²) in [6.45, 7) is 8.20. The number of hydrogen-bond acceptors (Lipinski definition) is 3. The van der Waals surface area contributed by atoms with E-state index in [0.29, 0.717) is 29.6 Å². The Morgan fingerprint density at radius 3 is 2.11 bits per heavy atom. The minimum Gasteiger partial charge on any atom is -0.322 e. The minimum absolute atomic E-state index is 0.0958. The molecule has 0 saturated carbocycles. The molecule has 0 radical (unpaired) electrons. The molecule has 0 spiro atoms. The summed E-state index contributed by atoms with van der Waals surface area (Å²) in [5.41, 5.74) is 1.71. The van der Waals surface area contributed by atoms with Crippen molar-refractivity contribution in [1.82, 2.24) is 0 Å². The summed E-state index contributed by atoms with van der Waals surface area (Å²) in [5, 5.41) is 2.52. The van der Waals surface area contributed by atoms with Gasteiger partial charge in [0.25, 0.3) is 5.91 Å². The predicted octanol–water partition coefficient (Wildman–Crippen LogP) is 4.90. The molecule has 1 amide bonds. The molecule has 1 aromatic rings. The maximum atomic E-state index is 13.4. The SMILES string of the molecule is CCCC/C(C(=O)C(C)=O)=C(/C)C(C(=O)Nc1ccc(F)c(F)c1)=C(C)C. The molecule has 0 atom stereocenters. The molecule has 0 heterocycles. The first-order valence-electron chi connectivity index (χ1n) is 8.79. The van der Waals surface area contributed by atoms with Gasteiger partial charge < -0.3 is 5.32 Å². The van der Waals surface area contributed by atoms with Crippen molar-refractivity contribution in [2.45, 2.75) is 53.9 Å². The summed E-state index contributed by atoms with van der Waals surface area (Å²) in [4.78, 5) is 36.7. The van der Waals surface area contributed by atoms with Crippen molar-refractivity contribution >= 4 is 23.2 Å². The number of nitrogens with one attached hydrogen (secondary N) is 1. The summed E-state index contributed by atoms with van der Waals surface area (Å²) in [7, 11) is 0. The molecule has 0 aliphatic heterocycles. The number of benzene rings is 1. The van der Waals surface area contributed by atoms with E-state index in [1.165, 1.54) is 13.0 Å². The molecule has 0 fully saturated rings. The Labute approximate surface area is 158 Å². The molecule has 1 N–H and O–H groups in total. The van der Waals surface area contributed by atoms with Crippen LogP contribution in [0.1, 0.15) is 53.9 Å². The first kappa shape index (κ1) is 22.4. The highest BCUT2D eigenvalue weighted by Crippen LogP contribution is 2.25. The monoisotopic (exact) mass is 377 g/mol. The average Bonchev–Trinajstić information content (AvgIpc) is 2.58. The molecule has 1 aromatic carbocycles. The van der Waals surface area contributed by atoms with Crippen LogP contribution in [0.3, 0.4) is 0 Å². The number of anilines is 1. The highest BCUT2D eigenvalue weighted by Gasteiger charge is 2.23. The minimum atomic E-state index is -1.07. The fraction of sp³-hybridized carbons (Fsp3) is 0.381. The van der Waals surface area contributed by atoms with E-state index in [1.54, 1.807) is 20.8 Å². The third-order valence-corrected chi connectivity index (χ3v) is 4.11. The molecular weight excluding hydrogens is 352 g/mol. The van der Waals surface area contributed by atoms with E-state index in [9.17, 15) is 23.2 Å². The van der Waals surface area contributed by atoms with Crippen LogP contribution in [0.15, 0.2) is 40.5 Å². The van der Waals surface area contributed by atoms with Crippen molar-refractivity contribution in [3.8, 4) is 0 Å². The largest absolute Gasteiger partial charge is 0.322 e. The van der Waals surface area contributed by atoms with E-state index < -0.39 is 29.1 Å². The predicted molar refractivity (Wildman–Crippen MR) is 101 cm³/mol. The zero-order valence-electron chi connectivity index (χ0n) is 16.3. The van der Waals surface area contributed by atoms with Crippen molar-refractivity contribution in [3.05, 3.63) is 52.1 Å². The Balaban J connectivity index is 3.32. The number of Topliss-reactive ketones (excluding diaryl/α,β-unsaturated/α-hetero) is 2. The van der Waals surface area contributed by atoms with Crippen molar-refractivity contribution in [2.24, 2.45) is 0 Å². The molecule has 1 rings (SSSR count). The molecule has 4 nitrogen and oxygen atoms in total. The highest BCUT2D eigenvalue weighted by atomic mass is 19.2. The van der Waals surface area contributed by atoms with Crippen LogP contribution in [0, 0.1) is 11.6 Å². The Kier molecular flexibility index (Phi) is 8.22. The van der Waals surface area contributed by atoms with Gasteiger partial charge in [0.05, 0.1) is 0 Å². The first-order chi connectivity index (χ1) is 12.6. The Bertz CT molecular complexity index is 819. The van der Waals surface area contributed by atoms with Crippen LogP contribution in [0.4, 0.5) is 14.5 Å². The van der Waals surface area contributed by atoms with Gasteiger partial charge in [0.2, 0.25) is 5.78 Å². The van der Waals surface area contributed by atoms with Gasteiger partial charge in [-0.3, -0.25) is 14.4 Å². The van der Waals surface area contributed by atoms with E-state index in [2.05, 4.69) is 5.32 Å². The number of amides is 1. The third kappa shape index (κ3) is 5.94. The van der Waals surface area contributed by atoms with Crippen LogP contribution in [-0.2, 0) is 14.4 Å². The number of halogens is 2. The molecular formula is C21H25F2NO3. The Morgan fingerprint density at radius 2 is 1.63 bits per heavy atom. The Morgan fingerprint density at radius 1 is 1.00 bits per heavy atom. The van der Waals surface area contributed by atoms with Crippen LogP contribution < -0.4 is 5.32 Å². The van der Waals surface area contributed by atoms with E-state index in [-0.39, 0.29) is 11.3 Å². The Hall–Kier alpha value is -2.63. The van der Waals surface area contributed by atoms with Crippen LogP contribution in [-0.4, -0.2) is 17.5 Å². The molecule has 0 aromatic heterocycles. The van der Waals surface area contributed by atoms with Crippen molar-refractivity contribution in [2.75, 3.05) is 5.32 Å². The molecule has 146 valence electrons. The van der Waals surface area contributed by atoms with Gasteiger partial charge in [0, 0.05) is 29.8 Å². The van der Waals surface area contributed by atoms with Gasteiger partial charge in [-0.2, -0.15) is 0 Å². The van der Waals surface area contributed by atoms with Crippen LogP contribution >= 0.6 is 0 Å². The number of carbonyl (C=O) groups excluding carboxylic acids is 3. The van der Waals surface area contributed by atoms with E-state index >= 15 is 0 Å². The molecule has 0 saturated heterocycles. The standard InChI is InChI=1S/C21H25F2NO3/c1-6-7-8-16(20(26)14(5)25)13(4)19(12(2)3)21(27)24-15-9-10-17(22)18(23)11-15/h9-11H,6-8H2,1-5H3,(H,24,27)/b16-13+. The van der Waals surface area contributed by atoms with Crippen LogP contribution in [0.5, 0.6) is 0 Å². The number of allylic oxidation sites excluding steroid dienone is 2.